The van der Waals surface area contributed by atoms with Gasteiger partial charge < -0.3 is 9.88 Å². The Morgan fingerprint density at radius 2 is 2.00 bits per heavy atom. The number of carbonyl (C=O) groups is 1. The first kappa shape index (κ1) is 14.6. The number of nitrogens with one attached hydrogen (secondary N) is 1. The number of aryl methyl sites for hydroxylation is 1. The third-order valence-corrected chi connectivity index (χ3v) is 3.19. The monoisotopic (exact) mass is 273 g/mol. The van der Waals surface area contributed by atoms with Crippen molar-refractivity contribution in [2.45, 2.75) is 40.7 Å². The number of hydrogen-bond acceptors (Lipinski definition) is 2. The van der Waals surface area contributed by atoms with Crippen molar-refractivity contribution in [1.29, 1.82) is 0 Å². The zero-order valence-electron chi connectivity index (χ0n) is 12.7. The number of fused-ring (bicyclic) bond motifs is 1. The second-order valence-corrected chi connectivity index (χ2v) is 6.39. The van der Waals surface area contributed by atoms with Crippen LogP contribution < -0.4 is 5.32 Å². The molecule has 1 amide bonds. The van der Waals surface area contributed by atoms with Crippen LogP contribution in [0.5, 0.6) is 0 Å². The lowest BCUT2D eigenvalue weighted by molar-refractivity contribution is -0.122. The van der Waals surface area contributed by atoms with Crippen LogP contribution in [0.4, 0.5) is 0 Å². The predicted octanol–water partition coefficient (Wildman–Crippen LogP) is 2.90. The van der Waals surface area contributed by atoms with Gasteiger partial charge in [-0.05, 0) is 24.5 Å². The van der Waals surface area contributed by atoms with E-state index in [-0.39, 0.29) is 11.3 Å². The number of nitrogens with zero attached hydrogens (tertiary/aromatic N) is 2. The Hall–Kier alpha value is -1.84. The lowest BCUT2D eigenvalue weighted by atomic mass is 9.92. The highest BCUT2D eigenvalue weighted by Gasteiger charge is 2.15. The summed E-state index contributed by atoms with van der Waals surface area (Å²) in [5.74, 6) is 1.09. The number of carbonyl (C=O) groups excluding carboxylic acids is 1. The maximum Gasteiger partial charge on any atom is 0.220 e. The molecule has 4 nitrogen and oxygen atoms in total. The van der Waals surface area contributed by atoms with Gasteiger partial charge in [-0.3, -0.25) is 4.79 Å². The minimum absolute atomic E-state index is 0.0295. The Morgan fingerprint density at radius 1 is 1.30 bits per heavy atom. The first-order valence-corrected chi connectivity index (χ1v) is 7.05. The molecule has 2 rings (SSSR count). The number of hydrogen-bond donors (Lipinski definition) is 1. The fraction of sp³-hybridized carbons (Fsp3) is 0.500. The van der Waals surface area contributed by atoms with Gasteiger partial charge in [-0.15, -0.1) is 0 Å². The molecule has 20 heavy (non-hydrogen) atoms. The first-order valence-electron chi connectivity index (χ1n) is 7.05. The fourth-order valence-electron chi connectivity index (χ4n) is 2.33. The summed E-state index contributed by atoms with van der Waals surface area (Å²) in [7, 11) is 0. The summed E-state index contributed by atoms with van der Waals surface area (Å²) < 4.78 is 2.15. The van der Waals surface area contributed by atoms with Gasteiger partial charge in [-0.1, -0.05) is 32.9 Å². The van der Waals surface area contributed by atoms with Crippen LogP contribution in [0.1, 0.15) is 33.0 Å². The van der Waals surface area contributed by atoms with E-state index in [1.165, 1.54) is 0 Å². The van der Waals surface area contributed by atoms with Crippen molar-refractivity contribution < 1.29 is 4.79 Å². The molecule has 2 aromatic rings. The molecule has 0 unspecified atom stereocenters. The molecule has 0 aliphatic heterocycles. The molecule has 108 valence electrons. The highest BCUT2D eigenvalue weighted by atomic mass is 16.1. The molecular formula is C16H23N3O. The second-order valence-electron chi connectivity index (χ2n) is 6.39. The predicted molar refractivity (Wildman–Crippen MR) is 81.6 cm³/mol. The summed E-state index contributed by atoms with van der Waals surface area (Å²) >= 11 is 0. The number of para-hydroxylation sites is 2. The second kappa shape index (κ2) is 5.65. The zero-order valence-corrected chi connectivity index (χ0v) is 12.7. The molecule has 1 aromatic carbocycles. The standard InChI is InChI=1S/C16H23N3O/c1-12-18-13-7-5-6-8-14(13)19(12)10-9-17-15(20)11-16(2,3)4/h5-8H,9-11H2,1-4H3,(H,17,20). The summed E-state index contributed by atoms with van der Waals surface area (Å²) in [4.78, 5) is 16.3. The molecule has 0 spiro atoms. The molecule has 1 aromatic heterocycles. The topological polar surface area (TPSA) is 46.9 Å². The van der Waals surface area contributed by atoms with Crippen molar-refractivity contribution in [3.63, 3.8) is 0 Å². The number of imidazole rings is 1. The molecule has 0 bridgehead atoms. The Kier molecular flexibility index (Phi) is 4.12. The Bertz CT molecular complexity index is 608. The molecule has 0 aliphatic carbocycles. The fourth-order valence-corrected chi connectivity index (χ4v) is 2.33. The van der Waals surface area contributed by atoms with E-state index in [0.29, 0.717) is 13.0 Å². The van der Waals surface area contributed by atoms with Crippen LogP contribution in [0.3, 0.4) is 0 Å². The van der Waals surface area contributed by atoms with E-state index in [1.807, 2.05) is 25.1 Å². The highest BCUT2D eigenvalue weighted by molar-refractivity contribution is 5.77. The minimum Gasteiger partial charge on any atom is -0.354 e. The van der Waals surface area contributed by atoms with E-state index >= 15 is 0 Å². The van der Waals surface area contributed by atoms with Crippen LogP contribution in [0, 0.1) is 12.3 Å². The molecule has 0 atom stereocenters. The number of benzene rings is 1. The molecule has 1 N–H and O–H groups in total. The highest BCUT2D eigenvalue weighted by Crippen LogP contribution is 2.18. The zero-order chi connectivity index (χ0) is 14.8. The maximum absolute atomic E-state index is 11.8. The SMILES string of the molecule is Cc1nc2ccccc2n1CCNC(=O)CC(C)(C)C. The van der Waals surface area contributed by atoms with Crippen molar-refractivity contribution in [3.05, 3.63) is 30.1 Å². The maximum atomic E-state index is 11.8. The van der Waals surface area contributed by atoms with Crippen molar-refractivity contribution in [2.24, 2.45) is 5.41 Å². The summed E-state index contributed by atoms with van der Waals surface area (Å²) in [6, 6.07) is 8.08. The lowest BCUT2D eigenvalue weighted by Crippen LogP contribution is -2.30. The average Bonchev–Trinajstić information content (AvgIpc) is 2.64. The van der Waals surface area contributed by atoms with Crippen molar-refractivity contribution in [2.75, 3.05) is 6.54 Å². The van der Waals surface area contributed by atoms with Gasteiger partial charge in [0.2, 0.25) is 5.91 Å². The smallest absolute Gasteiger partial charge is 0.220 e. The summed E-state index contributed by atoms with van der Waals surface area (Å²) in [5.41, 5.74) is 2.16. The average molecular weight is 273 g/mol. The van der Waals surface area contributed by atoms with Crippen molar-refractivity contribution in [3.8, 4) is 0 Å². The van der Waals surface area contributed by atoms with Crippen LogP contribution in [0.15, 0.2) is 24.3 Å². The summed E-state index contributed by atoms with van der Waals surface area (Å²) in [5, 5.41) is 2.98. The van der Waals surface area contributed by atoms with Crippen molar-refractivity contribution in [1.82, 2.24) is 14.9 Å². The minimum atomic E-state index is 0.0295. The van der Waals surface area contributed by atoms with Gasteiger partial charge in [-0.25, -0.2) is 4.98 Å². The molecule has 0 fully saturated rings. The first-order chi connectivity index (χ1) is 9.37. The van der Waals surface area contributed by atoms with Crippen LogP contribution in [-0.4, -0.2) is 22.0 Å². The van der Waals surface area contributed by atoms with Crippen LogP contribution in [0.2, 0.25) is 0 Å². The van der Waals surface area contributed by atoms with E-state index in [4.69, 9.17) is 0 Å². The number of aromatic nitrogens is 2. The normalized spacial score (nSPS) is 11.8. The van der Waals surface area contributed by atoms with Gasteiger partial charge in [0.15, 0.2) is 0 Å². The van der Waals surface area contributed by atoms with Gasteiger partial charge in [0.1, 0.15) is 5.82 Å². The van der Waals surface area contributed by atoms with E-state index in [1.54, 1.807) is 0 Å². The van der Waals surface area contributed by atoms with E-state index in [2.05, 4.69) is 41.7 Å². The number of amides is 1. The molecule has 0 saturated heterocycles. The summed E-state index contributed by atoms with van der Waals surface area (Å²) in [6.07, 6.45) is 0.552. The third kappa shape index (κ3) is 3.59. The van der Waals surface area contributed by atoms with E-state index in [9.17, 15) is 4.79 Å². The Morgan fingerprint density at radius 3 is 2.70 bits per heavy atom. The summed E-state index contributed by atoms with van der Waals surface area (Å²) in [6.45, 7) is 9.59. The number of rotatable bonds is 4. The molecule has 0 saturated carbocycles. The van der Waals surface area contributed by atoms with Gasteiger partial charge in [-0.2, -0.15) is 0 Å². The van der Waals surface area contributed by atoms with Gasteiger partial charge in [0.05, 0.1) is 11.0 Å². The Labute approximate surface area is 120 Å². The van der Waals surface area contributed by atoms with Gasteiger partial charge >= 0.3 is 0 Å². The third-order valence-electron chi connectivity index (χ3n) is 3.19. The quantitative estimate of drug-likeness (QED) is 0.931. The molecule has 4 heteroatoms. The molecule has 0 aliphatic rings. The van der Waals surface area contributed by atoms with Crippen molar-refractivity contribution >= 4 is 16.9 Å². The van der Waals surface area contributed by atoms with E-state index in [0.717, 1.165) is 23.4 Å². The van der Waals surface area contributed by atoms with Crippen LogP contribution >= 0.6 is 0 Å². The largest absolute Gasteiger partial charge is 0.354 e. The van der Waals surface area contributed by atoms with Gasteiger partial charge in [0, 0.05) is 19.5 Å². The Balaban J connectivity index is 1.96. The molecule has 1 heterocycles. The molecular weight excluding hydrogens is 250 g/mol. The van der Waals surface area contributed by atoms with Crippen LogP contribution in [0.25, 0.3) is 11.0 Å². The molecule has 0 radical (unpaired) electrons. The van der Waals surface area contributed by atoms with Gasteiger partial charge in [0.25, 0.3) is 0 Å². The lowest BCUT2D eigenvalue weighted by Gasteiger charge is -2.17. The van der Waals surface area contributed by atoms with Crippen LogP contribution in [-0.2, 0) is 11.3 Å². The van der Waals surface area contributed by atoms with E-state index < -0.39 is 0 Å².